The summed E-state index contributed by atoms with van der Waals surface area (Å²) in [7, 11) is -3.21. The number of halogens is 1. The van der Waals surface area contributed by atoms with E-state index >= 15 is 0 Å². The number of nitrogens with one attached hydrogen (secondary N) is 1. The predicted molar refractivity (Wildman–Crippen MR) is 232 cm³/mol. The first-order valence-corrected chi connectivity index (χ1v) is 23.2. The molecule has 3 aliphatic rings. The summed E-state index contributed by atoms with van der Waals surface area (Å²) < 4.78 is 89.1. The number of hydrogen-bond donors (Lipinski definition) is 3. The van der Waals surface area contributed by atoms with Crippen LogP contribution in [-0.2, 0) is 35.9 Å². The van der Waals surface area contributed by atoms with E-state index in [0.717, 1.165) is 51.5 Å². The molecule has 316 valence electrons. The highest BCUT2D eigenvalue weighted by Gasteiger charge is 2.44. The average molecular weight is 857 g/mol. The van der Waals surface area contributed by atoms with Crippen molar-refractivity contribution < 1.29 is 44.4 Å². The summed E-state index contributed by atoms with van der Waals surface area (Å²) in [4.78, 5) is 13.8. The third-order valence-corrected chi connectivity index (χ3v) is 13.3. The van der Waals surface area contributed by atoms with Gasteiger partial charge < -0.3 is 14.9 Å². The Balaban J connectivity index is 1.43. The minimum absolute atomic E-state index is 0.239. The fourth-order valence-electron chi connectivity index (χ4n) is 8.46. The molecule has 0 bridgehead atoms. The Hall–Kier alpha value is -4.83. The lowest BCUT2D eigenvalue weighted by Gasteiger charge is -2.27. The molecule has 1 aliphatic carbocycles. The van der Waals surface area contributed by atoms with Crippen LogP contribution in [0.3, 0.4) is 0 Å². The first-order valence-electron chi connectivity index (χ1n) is 20.2. The summed E-state index contributed by atoms with van der Waals surface area (Å²) >= 11 is 0. The number of unbranched alkanes of at least 4 members (excludes halogenated alkanes) is 2. The molecular weight excluding hydrogens is 804 g/mol. The van der Waals surface area contributed by atoms with E-state index in [0.29, 0.717) is 63.1 Å². The largest absolute Gasteiger partial charge is 0.457 e. The van der Waals surface area contributed by atoms with Gasteiger partial charge in [0.25, 0.3) is 20.2 Å². The number of fused-ring (bicyclic) bond motifs is 2. The molecule has 0 fully saturated rings. The van der Waals surface area contributed by atoms with Gasteiger partial charge in [0.15, 0.2) is 5.71 Å². The molecule has 0 aromatic heterocycles. The highest BCUT2D eigenvalue weighted by Crippen LogP contribution is 2.48. The third-order valence-electron chi connectivity index (χ3n) is 11.6. The fraction of sp³-hybridized carbons (Fsp3) is 0.378. The van der Waals surface area contributed by atoms with E-state index in [4.69, 9.17) is 12.7 Å². The van der Waals surface area contributed by atoms with Crippen LogP contribution in [0.1, 0.15) is 90.2 Å². The molecule has 2 heterocycles. The van der Waals surface area contributed by atoms with Crippen molar-refractivity contribution in [2.45, 2.75) is 94.8 Å². The smallest absolute Gasteiger partial charge is 0.294 e. The van der Waals surface area contributed by atoms with Crippen LogP contribution in [0.25, 0.3) is 0 Å². The monoisotopic (exact) mass is 856 g/mol. The number of para-hydroxylation sites is 1. The van der Waals surface area contributed by atoms with Crippen molar-refractivity contribution in [1.29, 1.82) is 0 Å². The van der Waals surface area contributed by atoms with Crippen molar-refractivity contribution in [2.24, 2.45) is 0 Å². The van der Waals surface area contributed by atoms with Crippen molar-refractivity contribution in [2.75, 3.05) is 23.7 Å². The van der Waals surface area contributed by atoms with Crippen LogP contribution in [-0.4, -0.2) is 69.0 Å². The number of ether oxygens (including phenoxy) is 1. The standard InChI is InChI=1S/C45H51BFN3O8S2/c1-44(2)36-14-5-6-15-38(36)49(28-9-10-29-59(52,53)54)40(44)25-17-31-12-11-13-32(43(31)58-34-20-22-35(23-21-34)60(55,56)57)18-26-41-45(3,4)37-30-33(47)19-24-39(37)50(41)27-8-7-16-42(51)48-46/h5-6,14-15,17-26,30H,7-13,16,27-29H2,1-4H3,(H2-,48,51,52,53,54,55,56,57)/p+1. The average Bonchev–Trinajstić information content (AvgIpc) is 3.53. The van der Waals surface area contributed by atoms with Crippen molar-refractivity contribution in [3.05, 3.63) is 131 Å². The molecule has 3 aromatic carbocycles. The van der Waals surface area contributed by atoms with Crippen molar-refractivity contribution >= 4 is 51.2 Å². The summed E-state index contributed by atoms with van der Waals surface area (Å²) in [6.07, 6.45) is 12.8. The molecule has 0 unspecified atom stereocenters. The lowest BCUT2D eigenvalue weighted by molar-refractivity contribution is -0.438. The number of anilines is 1. The fourth-order valence-corrected chi connectivity index (χ4v) is 9.51. The van der Waals surface area contributed by atoms with E-state index in [-0.39, 0.29) is 28.8 Å². The van der Waals surface area contributed by atoms with E-state index in [1.54, 1.807) is 12.1 Å². The normalized spacial score (nSPS) is 18.8. The zero-order valence-electron chi connectivity index (χ0n) is 34.4. The highest BCUT2D eigenvalue weighted by molar-refractivity contribution is 7.86. The van der Waals surface area contributed by atoms with Crippen molar-refractivity contribution in [3.63, 3.8) is 0 Å². The Morgan fingerprint density at radius 1 is 0.900 bits per heavy atom. The SMILES string of the molecule is [B]NC(=O)CCCCN1C(=CC=C2CCCC(C=CC3=[N+](CCCCS(=O)(=O)O)c4ccccc4C3(C)C)=C2Oc2ccc(S(=O)(=O)O)cc2)C(C)(C)c2cc(F)ccc21. The molecule has 6 rings (SSSR count). The number of carbonyl (C=O) groups excluding carboxylic acids is 1. The lowest BCUT2D eigenvalue weighted by Crippen LogP contribution is -2.28. The van der Waals surface area contributed by atoms with Crippen LogP contribution >= 0.6 is 0 Å². The summed E-state index contributed by atoms with van der Waals surface area (Å²) in [5, 5.41) is 2.18. The van der Waals surface area contributed by atoms with Gasteiger partial charge in [-0.1, -0.05) is 38.1 Å². The number of benzene rings is 3. The summed E-state index contributed by atoms with van der Waals surface area (Å²) in [5.41, 5.74) is 6.69. The van der Waals surface area contributed by atoms with Gasteiger partial charge in [-0.25, -0.2) is 4.39 Å². The van der Waals surface area contributed by atoms with Gasteiger partial charge in [-0.05, 0) is 124 Å². The maximum Gasteiger partial charge on any atom is 0.294 e. The van der Waals surface area contributed by atoms with Gasteiger partial charge in [-0.3, -0.25) is 13.9 Å². The number of nitrogens with zero attached hydrogens (tertiary/aromatic N) is 2. The molecule has 1 amide bonds. The number of hydrogen-bond acceptors (Lipinski definition) is 7. The van der Waals surface area contributed by atoms with Crippen LogP contribution in [0, 0.1) is 5.82 Å². The van der Waals surface area contributed by atoms with E-state index in [1.165, 1.54) is 30.3 Å². The van der Waals surface area contributed by atoms with Crippen LogP contribution in [0.2, 0.25) is 0 Å². The molecule has 11 nitrogen and oxygen atoms in total. The molecule has 0 spiro atoms. The molecule has 0 saturated heterocycles. The lowest BCUT2D eigenvalue weighted by atomic mass is 9.81. The van der Waals surface area contributed by atoms with Gasteiger partial charge in [-0.2, -0.15) is 21.4 Å². The van der Waals surface area contributed by atoms with Crippen LogP contribution in [0.15, 0.2) is 119 Å². The molecule has 2 radical (unpaired) electrons. The first-order chi connectivity index (χ1) is 28.3. The topological polar surface area (TPSA) is 153 Å². The van der Waals surface area contributed by atoms with E-state index in [1.807, 2.05) is 18.2 Å². The zero-order chi connectivity index (χ0) is 43.5. The number of carbonyl (C=O) groups is 1. The highest BCUT2D eigenvalue weighted by atomic mass is 32.2. The minimum Gasteiger partial charge on any atom is -0.457 e. The Morgan fingerprint density at radius 2 is 1.63 bits per heavy atom. The molecule has 3 aromatic rings. The van der Waals surface area contributed by atoms with Crippen molar-refractivity contribution in [1.82, 2.24) is 5.23 Å². The Morgan fingerprint density at radius 3 is 2.33 bits per heavy atom. The van der Waals surface area contributed by atoms with Gasteiger partial charge in [0.05, 0.1) is 16.1 Å². The Labute approximate surface area is 354 Å². The molecule has 0 saturated carbocycles. The van der Waals surface area contributed by atoms with Crippen LogP contribution < -0.4 is 14.9 Å². The van der Waals surface area contributed by atoms with Crippen LogP contribution in [0.5, 0.6) is 5.75 Å². The van der Waals surface area contributed by atoms with E-state index in [2.05, 4.69) is 72.8 Å². The molecule has 15 heteroatoms. The number of amides is 1. The second-order valence-electron chi connectivity index (χ2n) is 16.5. The number of allylic oxidation sites excluding steroid dienone is 7. The van der Waals surface area contributed by atoms with Gasteiger partial charge >= 0.3 is 0 Å². The van der Waals surface area contributed by atoms with Gasteiger partial charge in [0, 0.05) is 53.9 Å². The second kappa shape index (κ2) is 18.0. The summed E-state index contributed by atoms with van der Waals surface area (Å²) in [5.74, 6) is 0.0917. The molecule has 2 aliphatic heterocycles. The Bertz CT molecular complexity index is 2530. The van der Waals surface area contributed by atoms with E-state index < -0.39 is 31.1 Å². The maximum atomic E-state index is 14.7. The van der Waals surface area contributed by atoms with Crippen LogP contribution in [0.4, 0.5) is 15.8 Å². The van der Waals surface area contributed by atoms with Gasteiger partial charge in [0.2, 0.25) is 19.6 Å². The first kappa shape index (κ1) is 44.7. The van der Waals surface area contributed by atoms with Crippen molar-refractivity contribution in [3.8, 4) is 5.75 Å². The zero-order valence-corrected chi connectivity index (χ0v) is 36.1. The molecule has 60 heavy (non-hydrogen) atoms. The molecule has 0 atom stereocenters. The molecule has 3 N–H and O–H groups in total. The van der Waals surface area contributed by atoms with Gasteiger partial charge in [0.1, 0.15) is 23.9 Å². The molecular formula is C45H52BFN3O8S2+. The summed E-state index contributed by atoms with van der Waals surface area (Å²) in [6, 6.07) is 18.5. The second-order valence-corrected chi connectivity index (χ2v) is 19.5. The summed E-state index contributed by atoms with van der Waals surface area (Å²) in [6.45, 7) is 9.54. The third kappa shape index (κ3) is 10.0. The maximum absolute atomic E-state index is 14.7. The minimum atomic E-state index is -4.42. The quantitative estimate of drug-likeness (QED) is 0.0561. The predicted octanol–water partition coefficient (Wildman–Crippen LogP) is 8.17. The number of rotatable bonds is 16. The Kier molecular flexibility index (Phi) is 13.4. The van der Waals surface area contributed by atoms with E-state index in [9.17, 15) is 35.1 Å². The van der Waals surface area contributed by atoms with Gasteiger partial charge in [-0.15, -0.1) is 0 Å².